The van der Waals surface area contributed by atoms with Gasteiger partial charge in [0.05, 0.1) is 0 Å². The summed E-state index contributed by atoms with van der Waals surface area (Å²) in [6.07, 6.45) is 7.08. The number of hydrogen-bond acceptors (Lipinski definition) is 8. The van der Waals surface area contributed by atoms with E-state index < -0.39 is 62.7 Å². The van der Waals surface area contributed by atoms with Crippen molar-refractivity contribution in [2.75, 3.05) is 32.8 Å². The third kappa shape index (κ3) is 5.77. The molecule has 6 aliphatic rings. The van der Waals surface area contributed by atoms with E-state index >= 15 is 0 Å². The van der Waals surface area contributed by atoms with Gasteiger partial charge in [-0.15, -0.1) is 6.58 Å². The largest absolute Gasteiger partial charge is 0.444 e. The second-order valence-corrected chi connectivity index (χ2v) is 18.9. The minimum atomic E-state index is -4.08. The molecule has 14 heteroatoms. The van der Waals surface area contributed by atoms with Gasteiger partial charge >= 0.3 is 16.3 Å². The van der Waals surface area contributed by atoms with E-state index in [0.29, 0.717) is 65.0 Å². The van der Waals surface area contributed by atoms with Crippen LogP contribution in [0.25, 0.3) is 0 Å². The predicted molar refractivity (Wildman–Crippen MR) is 181 cm³/mol. The van der Waals surface area contributed by atoms with Crippen LogP contribution in [-0.4, -0.2) is 97.5 Å². The Hall–Kier alpha value is -2.71. The summed E-state index contributed by atoms with van der Waals surface area (Å²) in [5.74, 6) is -2.14. The average Bonchev–Trinajstić information content (AvgIpc) is 3.46. The summed E-state index contributed by atoms with van der Waals surface area (Å²) in [4.78, 5) is 58.0. The van der Waals surface area contributed by atoms with Crippen molar-refractivity contribution in [1.29, 1.82) is 0 Å². The molecule has 274 valence electrons. The van der Waals surface area contributed by atoms with Gasteiger partial charge < -0.3 is 25.0 Å². The lowest BCUT2D eigenvalue weighted by atomic mass is 9.73. The SMILES string of the molecule is C=C[C@@H]1C[C@]1(NC(=O)[C@@H]1C[C@@]2(CN1C(=O)[C@@H](NC(=O)OC(C)(C)C)C1(C)CCOCC1)C(C)(C)C21CCC1)C(=O)NS(=O)(=O)N1CCCC1. The van der Waals surface area contributed by atoms with Crippen LogP contribution in [0.2, 0.25) is 0 Å². The van der Waals surface area contributed by atoms with Crippen LogP contribution in [0.15, 0.2) is 12.7 Å². The topological polar surface area (TPSA) is 163 Å². The maximum absolute atomic E-state index is 14.9. The van der Waals surface area contributed by atoms with E-state index in [2.05, 4.69) is 35.8 Å². The fourth-order valence-corrected chi connectivity index (χ4v) is 11.1. The summed E-state index contributed by atoms with van der Waals surface area (Å²) in [5.41, 5.74) is -3.36. The summed E-state index contributed by atoms with van der Waals surface area (Å²) in [6.45, 7) is 17.4. The first-order valence-electron chi connectivity index (χ1n) is 17.9. The number of alkyl carbamates (subject to hydrolysis) is 1. The Morgan fingerprint density at radius 1 is 0.959 bits per heavy atom. The molecule has 0 radical (unpaired) electrons. The Morgan fingerprint density at radius 3 is 2.10 bits per heavy atom. The van der Waals surface area contributed by atoms with E-state index in [1.54, 1.807) is 31.7 Å². The molecular formula is C35H55N5O8S. The second-order valence-electron chi connectivity index (χ2n) is 17.2. The Balaban J connectivity index is 1.30. The van der Waals surface area contributed by atoms with Crippen molar-refractivity contribution in [2.45, 2.75) is 123 Å². The lowest BCUT2D eigenvalue weighted by molar-refractivity contribution is -0.145. The average molecular weight is 706 g/mol. The van der Waals surface area contributed by atoms with Crippen LogP contribution in [0, 0.1) is 27.6 Å². The Kier molecular flexibility index (Phi) is 8.79. The fourth-order valence-electron chi connectivity index (χ4n) is 9.85. The smallest absolute Gasteiger partial charge is 0.408 e. The molecule has 3 aliphatic carbocycles. The van der Waals surface area contributed by atoms with Crippen LogP contribution in [0.3, 0.4) is 0 Å². The highest BCUT2D eigenvalue weighted by atomic mass is 32.2. The maximum Gasteiger partial charge on any atom is 0.408 e. The molecule has 0 aromatic rings. The third-order valence-corrected chi connectivity index (χ3v) is 14.8. The van der Waals surface area contributed by atoms with E-state index in [0.717, 1.165) is 19.3 Å². The molecule has 3 heterocycles. The number of carbonyl (C=O) groups excluding carboxylic acids is 4. The van der Waals surface area contributed by atoms with Crippen LogP contribution in [0.4, 0.5) is 4.79 Å². The molecule has 6 rings (SSSR count). The number of likely N-dealkylation sites (tertiary alicyclic amines) is 1. The van der Waals surface area contributed by atoms with Crippen molar-refractivity contribution in [1.82, 2.24) is 24.6 Å². The van der Waals surface area contributed by atoms with E-state index in [4.69, 9.17) is 9.47 Å². The van der Waals surface area contributed by atoms with E-state index in [1.807, 2.05) is 6.92 Å². The quantitative estimate of drug-likeness (QED) is 0.309. The van der Waals surface area contributed by atoms with E-state index in [-0.39, 0.29) is 28.6 Å². The highest BCUT2D eigenvalue weighted by Gasteiger charge is 2.85. The third-order valence-electron chi connectivity index (χ3n) is 13.3. The summed E-state index contributed by atoms with van der Waals surface area (Å²) in [6, 6.07) is -1.91. The van der Waals surface area contributed by atoms with Crippen LogP contribution in [-0.2, 0) is 34.1 Å². The molecule has 0 aromatic heterocycles. The molecule has 6 fully saturated rings. The molecule has 13 nitrogen and oxygen atoms in total. The molecular weight excluding hydrogens is 650 g/mol. The monoisotopic (exact) mass is 705 g/mol. The van der Waals surface area contributed by atoms with Gasteiger partial charge in [0.1, 0.15) is 23.2 Å². The Labute approximate surface area is 290 Å². The lowest BCUT2D eigenvalue weighted by Gasteiger charge is -2.42. The van der Waals surface area contributed by atoms with Crippen molar-refractivity contribution in [2.24, 2.45) is 27.6 Å². The molecule has 3 N–H and O–H groups in total. The van der Waals surface area contributed by atoms with Gasteiger partial charge in [0.15, 0.2) is 0 Å². The van der Waals surface area contributed by atoms with Gasteiger partial charge in [-0.25, -0.2) is 9.52 Å². The molecule has 4 amide bonds. The number of amides is 4. The summed E-state index contributed by atoms with van der Waals surface area (Å²) >= 11 is 0. The van der Waals surface area contributed by atoms with Gasteiger partial charge in [0.2, 0.25) is 11.8 Å². The van der Waals surface area contributed by atoms with Crippen LogP contribution in [0.5, 0.6) is 0 Å². The van der Waals surface area contributed by atoms with Gasteiger partial charge in [-0.05, 0) is 83.0 Å². The van der Waals surface area contributed by atoms with Gasteiger partial charge in [0, 0.05) is 49.6 Å². The minimum Gasteiger partial charge on any atom is -0.444 e. The highest BCUT2D eigenvalue weighted by Crippen LogP contribution is 2.88. The zero-order valence-electron chi connectivity index (χ0n) is 30.0. The Bertz CT molecular complexity index is 1510. The number of carbonyl (C=O) groups is 4. The van der Waals surface area contributed by atoms with Gasteiger partial charge in [0.25, 0.3) is 5.91 Å². The number of rotatable bonds is 9. The zero-order valence-corrected chi connectivity index (χ0v) is 30.8. The second kappa shape index (κ2) is 11.9. The van der Waals surface area contributed by atoms with E-state index in [1.165, 1.54) is 4.31 Å². The molecule has 3 saturated carbocycles. The number of ether oxygens (including phenoxy) is 2. The summed E-state index contributed by atoms with van der Waals surface area (Å²) in [5, 5.41) is 5.83. The van der Waals surface area contributed by atoms with Gasteiger partial charge in [-0.1, -0.05) is 33.3 Å². The molecule has 49 heavy (non-hydrogen) atoms. The molecule has 2 spiro atoms. The van der Waals surface area contributed by atoms with Crippen LogP contribution >= 0.6 is 0 Å². The summed E-state index contributed by atoms with van der Waals surface area (Å²) < 4.78 is 40.8. The van der Waals surface area contributed by atoms with Crippen molar-refractivity contribution >= 4 is 34.0 Å². The van der Waals surface area contributed by atoms with Gasteiger partial charge in [-0.3, -0.25) is 14.4 Å². The standard InChI is InChI=1S/C35H55N5O8S/c1-8-23-20-35(23,28(43)38-49(45,46)39-16-9-10-17-39)37-26(41)24-21-34(31(5,6)33(34)12-11-13-33)22-40(24)27(42)25(32(7)14-18-47-19-15-32)36-29(44)48-30(2,3)4/h8,23-25H,1,9-22H2,2-7H3,(H,36,44)(H,37,41)(H,38,43)/t23-,24+,25-,34-,35-/m1/s1. The predicted octanol–water partition coefficient (Wildman–Crippen LogP) is 3.01. The number of nitrogens with zero attached hydrogens (tertiary/aromatic N) is 2. The first-order chi connectivity index (χ1) is 22.8. The molecule has 0 bridgehead atoms. The van der Waals surface area contributed by atoms with Crippen LogP contribution < -0.4 is 15.4 Å². The first kappa shape index (κ1) is 36.1. The number of hydrogen-bond donors (Lipinski definition) is 3. The molecule has 0 aromatic carbocycles. The molecule has 0 unspecified atom stereocenters. The molecule has 3 aliphatic heterocycles. The number of fused-ring (bicyclic) bond motifs is 1. The first-order valence-corrected chi connectivity index (χ1v) is 19.4. The minimum absolute atomic E-state index is 0.00628. The molecule has 5 atom stereocenters. The number of nitrogens with one attached hydrogen (secondary N) is 3. The fraction of sp³-hybridized carbons (Fsp3) is 0.829. The zero-order chi connectivity index (χ0) is 35.8. The molecule has 3 saturated heterocycles. The highest BCUT2D eigenvalue weighted by molar-refractivity contribution is 7.87. The van der Waals surface area contributed by atoms with Crippen molar-refractivity contribution in [3.63, 3.8) is 0 Å². The maximum atomic E-state index is 14.9. The van der Waals surface area contributed by atoms with Crippen LogP contribution in [0.1, 0.15) is 99.3 Å². The van der Waals surface area contributed by atoms with Gasteiger partial charge in [-0.2, -0.15) is 12.7 Å². The van der Waals surface area contributed by atoms with Crippen molar-refractivity contribution < 1.29 is 37.1 Å². The van der Waals surface area contributed by atoms with E-state index in [9.17, 15) is 27.6 Å². The van der Waals surface area contributed by atoms with Crippen molar-refractivity contribution in [3.05, 3.63) is 12.7 Å². The summed E-state index contributed by atoms with van der Waals surface area (Å²) in [7, 11) is -4.08. The Morgan fingerprint density at radius 2 is 1.59 bits per heavy atom. The lowest BCUT2D eigenvalue weighted by Crippen LogP contribution is -2.62. The van der Waals surface area contributed by atoms with Crippen molar-refractivity contribution in [3.8, 4) is 0 Å². The normalized spacial score (nSPS) is 33.3.